The summed E-state index contributed by atoms with van der Waals surface area (Å²) in [5, 5.41) is 10.2. The predicted octanol–water partition coefficient (Wildman–Crippen LogP) is 3.90. The summed E-state index contributed by atoms with van der Waals surface area (Å²) in [5.74, 6) is 0. The first-order valence-electron chi connectivity index (χ1n) is 6.12. The van der Waals surface area contributed by atoms with Gasteiger partial charge in [0.2, 0.25) is 0 Å². The molecular formula is C16H17BrO. The van der Waals surface area contributed by atoms with Crippen LogP contribution in [0.1, 0.15) is 16.7 Å². The van der Waals surface area contributed by atoms with Gasteiger partial charge in [-0.15, -0.1) is 0 Å². The number of hydrogen-bond acceptors (Lipinski definition) is 1. The number of aryl methyl sites for hydroxylation is 1. The smallest absolute Gasteiger partial charge is 0.0620 e. The van der Waals surface area contributed by atoms with Crippen molar-refractivity contribution in [1.82, 2.24) is 0 Å². The molecule has 0 heterocycles. The molecule has 0 radical (unpaired) electrons. The van der Waals surface area contributed by atoms with E-state index in [4.69, 9.17) is 0 Å². The lowest BCUT2D eigenvalue weighted by molar-refractivity contribution is 0.175. The summed E-state index contributed by atoms with van der Waals surface area (Å²) >= 11 is 3.45. The van der Waals surface area contributed by atoms with Crippen LogP contribution in [-0.2, 0) is 12.8 Å². The van der Waals surface area contributed by atoms with Crippen LogP contribution < -0.4 is 0 Å². The van der Waals surface area contributed by atoms with Gasteiger partial charge in [-0.3, -0.25) is 0 Å². The zero-order valence-corrected chi connectivity index (χ0v) is 12.0. The molecule has 1 unspecified atom stereocenters. The Morgan fingerprint density at radius 2 is 1.83 bits per heavy atom. The van der Waals surface area contributed by atoms with Crippen LogP contribution in [0.4, 0.5) is 0 Å². The SMILES string of the molecule is Cc1ccccc1CC(O)Cc1cccc(Br)c1. The highest BCUT2D eigenvalue weighted by Gasteiger charge is 2.08. The second-order valence-corrected chi connectivity index (χ2v) is 5.53. The summed E-state index contributed by atoms with van der Waals surface area (Å²) in [5.41, 5.74) is 3.62. The lowest BCUT2D eigenvalue weighted by Crippen LogP contribution is -2.14. The van der Waals surface area contributed by atoms with Crippen molar-refractivity contribution in [2.45, 2.75) is 25.9 Å². The van der Waals surface area contributed by atoms with E-state index in [2.05, 4.69) is 41.1 Å². The third kappa shape index (κ3) is 3.69. The number of hydrogen-bond donors (Lipinski definition) is 1. The minimum Gasteiger partial charge on any atom is -0.392 e. The number of aliphatic hydroxyl groups is 1. The second kappa shape index (κ2) is 6.17. The van der Waals surface area contributed by atoms with Crippen LogP contribution in [0, 0.1) is 6.92 Å². The van der Waals surface area contributed by atoms with Gasteiger partial charge in [-0.1, -0.05) is 52.3 Å². The molecule has 0 amide bonds. The monoisotopic (exact) mass is 304 g/mol. The van der Waals surface area contributed by atoms with Crippen LogP contribution in [0.15, 0.2) is 53.0 Å². The fraction of sp³-hybridized carbons (Fsp3) is 0.250. The van der Waals surface area contributed by atoms with Gasteiger partial charge >= 0.3 is 0 Å². The average Bonchev–Trinajstić information content (AvgIpc) is 2.32. The molecule has 0 saturated heterocycles. The first-order valence-corrected chi connectivity index (χ1v) is 6.91. The van der Waals surface area contributed by atoms with Gasteiger partial charge in [0, 0.05) is 4.47 Å². The largest absolute Gasteiger partial charge is 0.392 e. The van der Waals surface area contributed by atoms with E-state index in [1.165, 1.54) is 11.1 Å². The predicted molar refractivity (Wildman–Crippen MR) is 78.7 cm³/mol. The Hall–Kier alpha value is -1.12. The van der Waals surface area contributed by atoms with E-state index in [-0.39, 0.29) is 6.10 Å². The fourth-order valence-corrected chi connectivity index (χ4v) is 2.55. The van der Waals surface area contributed by atoms with Crippen LogP contribution in [0.5, 0.6) is 0 Å². The molecule has 1 atom stereocenters. The first-order chi connectivity index (χ1) is 8.65. The molecule has 1 nitrogen and oxygen atoms in total. The quantitative estimate of drug-likeness (QED) is 0.908. The Balaban J connectivity index is 2.01. The van der Waals surface area contributed by atoms with Crippen molar-refractivity contribution in [3.8, 4) is 0 Å². The lowest BCUT2D eigenvalue weighted by atomic mass is 9.98. The van der Waals surface area contributed by atoms with Crippen LogP contribution in [0.3, 0.4) is 0 Å². The van der Waals surface area contributed by atoms with Gasteiger partial charge in [-0.05, 0) is 48.6 Å². The van der Waals surface area contributed by atoms with Gasteiger partial charge in [0.25, 0.3) is 0 Å². The van der Waals surface area contributed by atoms with Crippen molar-refractivity contribution in [3.05, 3.63) is 69.7 Å². The van der Waals surface area contributed by atoms with Crippen molar-refractivity contribution < 1.29 is 5.11 Å². The molecule has 0 aliphatic carbocycles. The normalized spacial score (nSPS) is 12.4. The molecule has 0 aromatic heterocycles. The minimum atomic E-state index is -0.333. The number of rotatable bonds is 4. The van der Waals surface area contributed by atoms with Gasteiger partial charge < -0.3 is 5.11 Å². The van der Waals surface area contributed by atoms with Gasteiger partial charge in [0.05, 0.1) is 6.10 Å². The molecule has 18 heavy (non-hydrogen) atoms. The molecule has 2 rings (SSSR count). The van der Waals surface area contributed by atoms with Crippen molar-refractivity contribution in [3.63, 3.8) is 0 Å². The van der Waals surface area contributed by atoms with E-state index in [1.54, 1.807) is 0 Å². The van der Waals surface area contributed by atoms with Crippen molar-refractivity contribution in [2.75, 3.05) is 0 Å². The van der Waals surface area contributed by atoms with E-state index in [9.17, 15) is 5.11 Å². The Bertz CT molecular complexity index is 522. The minimum absolute atomic E-state index is 0.333. The molecule has 1 N–H and O–H groups in total. The van der Waals surface area contributed by atoms with Crippen molar-refractivity contribution in [1.29, 1.82) is 0 Å². The van der Waals surface area contributed by atoms with Gasteiger partial charge in [-0.2, -0.15) is 0 Å². The molecule has 2 aromatic rings. The molecule has 94 valence electrons. The van der Waals surface area contributed by atoms with Crippen molar-refractivity contribution in [2.24, 2.45) is 0 Å². The van der Waals surface area contributed by atoms with Crippen LogP contribution >= 0.6 is 15.9 Å². The first kappa shape index (κ1) is 13.3. The standard InChI is InChI=1S/C16H17BrO/c1-12-5-2-3-7-14(12)11-16(18)10-13-6-4-8-15(17)9-13/h2-9,16,18H,10-11H2,1H3. The van der Waals surface area contributed by atoms with E-state index >= 15 is 0 Å². The molecule has 2 aromatic carbocycles. The van der Waals surface area contributed by atoms with E-state index in [0.29, 0.717) is 12.8 Å². The Labute approximate surface area is 117 Å². The number of halogens is 1. The number of benzene rings is 2. The third-order valence-electron chi connectivity index (χ3n) is 3.08. The van der Waals surface area contributed by atoms with Gasteiger partial charge in [0.1, 0.15) is 0 Å². The summed E-state index contributed by atoms with van der Waals surface area (Å²) in [4.78, 5) is 0. The van der Waals surface area contributed by atoms with E-state index < -0.39 is 0 Å². The zero-order chi connectivity index (χ0) is 13.0. The number of aliphatic hydroxyl groups excluding tert-OH is 1. The second-order valence-electron chi connectivity index (χ2n) is 4.62. The van der Waals surface area contributed by atoms with Gasteiger partial charge in [0.15, 0.2) is 0 Å². The molecule has 0 saturated carbocycles. The maximum absolute atomic E-state index is 10.2. The van der Waals surface area contributed by atoms with Crippen molar-refractivity contribution >= 4 is 15.9 Å². The Morgan fingerprint density at radius 3 is 2.56 bits per heavy atom. The highest BCUT2D eigenvalue weighted by Crippen LogP contribution is 2.16. The summed E-state index contributed by atoms with van der Waals surface area (Å²) in [6.07, 6.45) is 1.06. The topological polar surface area (TPSA) is 20.2 Å². The summed E-state index contributed by atoms with van der Waals surface area (Å²) in [6.45, 7) is 2.08. The molecule has 0 fully saturated rings. The van der Waals surface area contributed by atoms with E-state index in [1.807, 2.05) is 30.3 Å². The third-order valence-corrected chi connectivity index (χ3v) is 3.57. The molecule has 0 spiro atoms. The average molecular weight is 305 g/mol. The maximum Gasteiger partial charge on any atom is 0.0620 e. The lowest BCUT2D eigenvalue weighted by Gasteiger charge is -2.12. The molecule has 2 heteroatoms. The maximum atomic E-state index is 10.2. The van der Waals surface area contributed by atoms with Crippen LogP contribution in [-0.4, -0.2) is 11.2 Å². The molecule has 0 aliphatic heterocycles. The highest BCUT2D eigenvalue weighted by molar-refractivity contribution is 9.10. The van der Waals surface area contributed by atoms with Crippen LogP contribution in [0.2, 0.25) is 0 Å². The van der Waals surface area contributed by atoms with E-state index in [0.717, 1.165) is 10.0 Å². The molecule has 0 bridgehead atoms. The fourth-order valence-electron chi connectivity index (χ4n) is 2.10. The van der Waals surface area contributed by atoms with Gasteiger partial charge in [-0.25, -0.2) is 0 Å². The van der Waals surface area contributed by atoms with Crippen LogP contribution in [0.25, 0.3) is 0 Å². The summed E-state index contributed by atoms with van der Waals surface area (Å²) in [7, 11) is 0. The Kier molecular flexibility index (Phi) is 4.56. The zero-order valence-electron chi connectivity index (χ0n) is 10.4. The molecular weight excluding hydrogens is 288 g/mol. The summed E-state index contributed by atoms with van der Waals surface area (Å²) < 4.78 is 1.06. The highest BCUT2D eigenvalue weighted by atomic mass is 79.9. The molecule has 0 aliphatic rings. The Morgan fingerprint density at radius 1 is 1.06 bits per heavy atom. The summed E-state index contributed by atoms with van der Waals surface area (Å²) in [6, 6.07) is 16.3.